The summed E-state index contributed by atoms with van der Waals surface area (Å²) in [6.45, 7) is 7.07. The van der Waals surface area contributed by atoms with E-state index in [9.17, 15) is 0 Å². The number of nitrogens with zero attached hydrogens (tertiary/aromatic N) is 7. The first kappa shape index (κ1) is 29.5. The summed E-state index contributed by atoms with van der Waals surface area (Å²) < 4.78 is 0. The van der Waals surface area contributed by atoms with E-state index in [0.29, 0.717) is 5.82 Å². The Hall–Kier alpha value is -5.24. The molecule has 2 aliphatic rings. The lowest BCUT2D eigenvalue weighted by molar-refractivity contribution is 0.181. The van der Waals surface area contributed by atoms with E-state index in [-0.39, 0.29) is 12.2 Å². The molecule has 46 heavy (non-hydrogen) atoms. The molecule has 7 rings (SSSR count). The topological polar surface area (TPSA) is 76.5 Å². The van der Waals surface area contributed by atoms with Gasteiger partial charge in [-0.2, -0.15) is 5.21 Å². The van der Waals surface area contributed by atoms with Crippen LogP contribution in [0.4, 0.5) is 0 Å². The van der Waals surface area contributed by atoms with E-state index < -0.39 is 0 Å². The van der Waals surface area contributed by atoms with Gasteiger partial charge in [0.2, 0.25) is 5.82 Å². The summed E-state index contributed by atoms with van der Waals surface area (Å²) in [6, 6.07) is 38.9. The standard InChI is InChI=1S/C38H40N8/c1-3-12-36-39-38-35(26-45(28(2)31-15-8-5-9-16-31)27-44(38)24-23-29-13-6-4-7-14-29)46(36)25-30-19-21-32(22-20-30)33-17-10-11-18-34(33)37-40-42-43-41-37/h4-11,13-22,26,28,36H,3,12,23-25,27H2,1-2H3,(H,40,41,42,43). The van der Waals surface area contributed by atoms with Gasteiger partial charge in [-0.1, -0.05) is 123 Å². The number of amidine groups is 1. The molecule has 2 aliphatic heterocycles. The first-order valence-corrected chi connectivity index (χ1v) is 16.3. The Morgan fingerprint density at radius 1 is 0.826 bits per heavy atom. The van der Waals surface area contributed by atoms with Crippen LogP contribution < -0.4 is 0 Å². The fourth-order valence-corrected chi connectivity index (χ4v) is 6.51. The van der Waals surface area contributed by atoms with Crippen molar-refractivity contribution in [3.05, 3.63) is 138 Å². The Morgan fingerprint density at radius 2 is 1.54 bits per heavy atom. The molecule has 0 fully saturated rings. The molecule has 0 saturated heterocycles. The Labute approximate surface area is 271 Å². The highest BCUT2D eigenvalue weighted by molar-refractivity contribution is 6.00. The van der Waals surface area contributed by atoms with Crippen molar-refractivity contribution in [1.29, 1.82) is 0 Å². The van der Waals surface area contributed by atoms with E-state index in [0.717, 1.165) is 61.5 Å². The molecule has 2 atom stereocenters. The Balaban J connectivity index is 1.18. The summed E-state index contributed by atoms with van der Waals surface area (Å²) in [5, 5.41) is 14.8. The molecule has 232 valence electrons. The number of benzene rings is 4. The second kappa shape index (κ2) is 13.4. The molecule has 4 aromatic carbocycles. The van der Waals surface area contributed by atoms with Gasteiger partial charge in [0.05, 0.1) is 18.4 Å². The minimum Gasteiger partial charge on any atom is -0.351 e. The van der Waals surface area contributed by atoms with Crippen molar-refractivity contribution in [3.63, 3.8) is 0 Å². The van der Waals surface area contributed by atoms with Crippen LogP contribution >= 0.6 is 0 Å². The largest absolute Gasteiger partial charge is 0.351 e. The first-order chi connectivity index (χ1) is 22.7. The molecular weight excluding hydrogens is 568 g/mol. The fraction of sp³-hybridized carbons (Fsp3) is 0.263. The van der Waals surface area contributed by atoms with Gasteiger partial charge < -0.3 is 14.7 Å². The van der Waals surface area contributed by atoms with Crippen molar-refractivity contribution in [2.45, 2.75) is 51.9 Å². The SMILES string of the molecule is CCCC1N=C2C(=CN(C(C)c3ccccc3)CN2CCc2ccccc2)N1Cc1ccc(-c2ccccc2-c2nn[nH]n2)cc1. The molecule has 0 spiro atoms. The molecule has 1 N–H and O–H groups in total. The van der Waals surface area contributed by atoms with Crippen molar-refractivity contribution in [1.82, 2.24) is 35.3 Å². The van der Waals surface area contributed by atoms with Crippen LogP contribution in [-0.2, 0) is 13.0 Å². The predicted molar refractivity (Wildman–Crippen MR) is 183 cm³/mol. The third kappa shape index (κ3) is 6.15. The lowest BCUT2D eigenvalue weighted by Gasteiger charge is -2.41. The van der Waals surface area contributed by atoms with Gasteiger partial charge in [-0.25, -0.2) is 4.99 Å². The molecule has 0 aliphatic carbocycles. The summed E-state index contributed by atoms with van der Waals surface area (Å²) in [5.74, 6) is 1.72. The second-order valence-corrected chi connectivity index (χ2v) is 12.1. The summed E-state index contributed by atoms with van der Waals surface area (Å²) in [5.41, 5.74) is 8.30. The maximum atomic E-state index is 5.39. The fourth-order valence-electron chi connectivity index (χ4n) is 6.51. The minimum atomic E-state index is 0.107. The summed E-state index contributed by atoms with van der Waals surface area (Å²) >= 11 is 0. The Morgan fingerprint density at radius 3 is 2.26 bits per heavy atom. The number of aromatic nitrogens is 4. The number of aromatic amines is 1. The van der Waals surface area contributed by atoms with Crippen LogP contribution in [0.1, 0.15) is 49.4 Å². The van der Waals surface area contributed by atoms with E-state index in [2.05, 4.69) is 146 Å². The van der Waals surface area contributed by atoms with Crippen molar-refractivity contribution < 1.29 is 0 Å². The van der Waals surface area contributed by atoms with Gasteiger partial charge in [0.25, 0.3) is 0 Å². The second-order valence-electron chi connectivity index (χ2n) is 12.1. The summed E-state index contributed by atoms with van der Waals surface area (Å²) in [7, 11) is 0. The van der Waals surface area contributed by atoms with Gasteiger partial charge in [0.1, 0.15) is 6.17 Å². The third-order valence-electron chi connectivity index (χ3n) is 9.06. The molecule has 2 unspecified atom stereocenters. The number of hydrogen-bond donors (Lipinski definition) is 1. The van der Waals surface area contributed by atoms with Crippen molar-refractivity contribution in [2.24, 2.45) is 4.99 Å². The maximum absolute atomic E-state index is 5.39. The maximum Gasteiger partial charge on any atom is 0.205 e. The highest BCUT2D eigenvalue weighted by Gasteiger charge is 2.37. The summed E-state index contributed by atoms with van der Waals surface area (Å²) in [6.07, 6.45) is 5.53. The van der Waals surface area contributed by atoms with Crippen molar-refractivity contribution in [2.75, 3.05) is 13.2 Å². The monoisotopic (exact) mass is 608 g/mol. The third-order valence-corrected chi connectivity index (χ3v) is 9.06. The highest BCUT2D eigenvalue weighted by atomic mass is 15.5. The average molecular weight is 609 g/mol. The van der Waals surface area contributed by atoms with Crippen LogP contribution in [0.25, 0.3) is 22.5 Å². The molecule has 8 heteroatoms. The molecule has 3 heterocycles. The normalized spacial score (nSPS) is 16.7. The number of H-pyrrole nitrogens is 1. The van der Waals surface area contributed by atoms with Gasteiger partial charge in [-0.05, 0) is 52.8 Å². The molecule has 0 amide bonds. The van der Waals surface area contributed by atoms with Crippen LogP contribution in [0.15, 0.2) is 126 Å². The van der Waals surface area contributed by atoms with Crippen LogP contribution in [0.5, 0.6) is 0 Å². The predicted octanol–water partition coefficient (Wildman–Crippen LogP) is 7.29. The zero-order valence-electron chi connectivity index (χ0n) is 26.5. The van der Waals surface area contributed by atoms with E-state index in [1.54, 1.807) is 0 Å². The molecule has 1 aromatic heterocycles. The zero-order valence-corrected chi connectivity index (χ0v) is 26.5. The molecule has 5 aromatic rings. The quantitative estimate of drug-likeness (QED) is 0.170. The zero-order chi connectivity index (χ0) is 31.3. The van der Waals surface area contributed by atoms with E-state index in [4.69, 9.17) is 4.99 Å². The smallest absolute Gasteiger partial charge is 0.205 e. The van der Waals surface area contributed by atoms with E-state index >= 15 is 0 Å². The number of aliphatic imine (C=N–C) groups is 1. The number of fused-ring (bicyclic) bond motifs is 1. The number of rotatable bonds is 11. The van der Waals surface area contributed by atoms with E-state index in [1.165, 1.54) is 22.4 Å². The number of nitrogens with one attached hydrogen (secondary N) is 1. The van der Waals surface area contributed by atoms with Gasteiger partial charge in [-0.3, -0.25) is 0 Å². The van der Waals surface area contributed by atoms with Crippen molar-refractivity contribution in [3.8, 4) is 22.5 Å². The van der Waals surface area contributed by atoms with Gasteiger partial charge >= 0.3 is 0 Å². The Kier molecular flexibility index (Phi) is 8.59. The molecule has 0 saturated carbocycles. The molecule has 8 nitrogen and oxygen atoms in total. The van der Waals surface area contributed by atoms with Gasteiger partial charge in [-0.15, -0.1) is 10.2 Å². The molecular formula is C38H40N8. The van der Waals surface area contributed by atoms with E-state index in [1.807, 2.05) is 18.2 Å². The first-order valence-electron chi connectivity index (χ1n) is 16.3. The van der Waals surface area contributed by atoms with Gasteiger partial charge in [0, 0.05) is 24.9 Å². The number of hydrogen-bond acceptors (Lipinski definition) is 7. The van der Waals surface area contributed by atoms with Crippen LogP contribution in [0, 0.1) is 0 Å². The van der Waals surface area contributed by atoms with Crippen LogP contribution in [0.3, 0.4) is 0 Å². The van der Waals surface area contributed by atoms with Crippen LogP contribution in [0.2, 0.25) is 0 Å². The minimum absolute atomic E-state index is 0.107. The highest BCUT2D eigenvalue weighted by Crippen LogP contribution is 2.35. The molecule has 0 bridgehead atoms. The Bertz CT molecular complexity index is 1780. The van der Waals surface area contributed by atoms with Crippen LogP contribution in [-0.4, -0.2) is 60.5 Å². The lowest BCUT2D eigenvalue weighted by atomic mass is 9.98. The molecule has 0 radical (unpaired) electrons. The summed E-state index contributed by atoms with van der Waals surface area (Å²) in [4.78, 5) is 12.9. The average Bonchev–Trinajstić information content (AvgIpc) is 3.77. The van der Waals surface area contributed by atoms with Crippen molar-refractivity contribution >= 4 is 5.84 Å². The lowest BCUT2D eigenvalue weighted by Crippen LogP contribution is -2.47. The number of tetrazole rings is 1. The van der Waals surface area contributed by atoms with Gasteiger partial charge in [0.15, 0.2) is 5.84 Å².